The average molecular weight is 192 g/mol. The molecular weight excluding hydrogens is 176 g/mol. The van der Waals surface area contributed by atoms with Crippen LogP contribution in [0.2, 0.25) is 0 Å². The molecule has 0 amide bonds. The molecule has 0 aliphatic carbocycles. The second-order valence-corrected chi connectivity index (χ2v) is 3.90. The highest BCUT2D eigenvalue weighted by atomic mass is 16.5. The van der Waals surface area contributed by atoms with Gasteiger partial charge >= 0.3 is 0 Å². The molecule has 76 valence electrons. The molecule has 14 heavy (non-hydrogen) atoms. The summed E-state index contributed by atoms with van der Waals surface area (Å²) < 4.78 is 5.68. The van der Waals surface area contributed by atoms with Crippen LogP contribution in [0.15, 0.2) is 18.2 Å². The Morgan fingerprint density at radius 2 is 2.21 bits per heavy atom. The first-order chi connectivity index (χ1) is 6.77. The number of hydrogen-bond acceptors (Lipinski definition) is 2. The van der Waals surface area contributed by atoms with Gasteiger partial charge in [-0.3, -0.25) is 0 Å². The summed E-state index contributed by atoms with van der Waals surface area (Å²) in [7, 11) is 0. The number of phenolic OH excluding ortho intramolecular Hbond substituents is 1. The predicted octanol–water partition coefficient (Wildman–Crippen LogP) is 2.94. The highest BCUT2D eigenvalue weighted by Gasteiger charge is 2.16. The van der Waals surface area contributed by atoms with Gasteiger partial charge in [0.1, 0.15) is 5.75 Å². The van der Waals surface area contributed by atoms with Gasteiger partial charge in [0.15, 0.2) is 0 Å². The van der Waals surface area contributed by atoms with E-state index < -0.39 is 0 Å². The molecule has 1 fully saturated rings. The third-order valence-corrected chi connectivity index (χ3v) is 2.77. The van der Waals surface area contributed by atoms with E-state index in [0.29, 0.717) is 5.75 Å². The summed E-state index contributed by atoms with van der Waals surface area (Å²) in [6, 6.07) is 5.73. The van der Waals surface area contributed by atoms with Gasteiger partial charge in [-0.1, -0.05) is 6.07 Å². The summed E-state index contributed by atoms with van der Waals surface area (Å²) >= 11 is 0. The molecule has 1 aromatic rings. The summed E-state index contributed by atoms with van der Waals surface area (Å²) in [5.41, 5.74) is 2.12. The number of aromatic hydroxyl groups is 1. The van der Waals surface area contributed by atoms with Crippen molar-refractivity contribution in [3.8, 4) is 5.75 Å². The van der Waals surface area contributed by atoms with Crippen molar-refractivity contribution in [3.63, 3.8) is 0 Å². The largest absolute Gasteiger partial charge is 0.508 e. The van der Waals surface area contributed by atoms with Gasteiger partial charge in [-0.05, 0) is 49.4 Å². The molecule has 1 heterocycles. The van der Waals surface area contributed by atoms with Crippen LogP contribution in [-0.2, 0) is 4.74 Å². The number of phenols is 1. The molecule has 2 heteroatoms. The molecule has 0 spiro atoms. The summed E-state index contributed by atoms with van der Waals surface area (Å²) in [6.07, 6.45) is 3.76. The Morgan fingerprint density at radius 3 is 2.86 bits per heavy atom. The minimum atomic E-state index is 0.239. The van der Waals surface area contributed by atoms with Crippen molar-refractivity contribution in [3.05, 3.63) is 29.3 Å². The lowest BCUT2D eigenvalue weighted by molar-refractivity contribution is 0.0149. The van der Waals surface area contributed by atoms with Crippen molar-refractivity contribution in [2.45, 2.75) is 32.3 Å². The molecule has 0 radical (unpaired) electrons. The van der Waals surface area contributed by atoms with Gasteiger partial charge in [-0.2, -0.15) is 0 Å². The molecule has 1 unspecified atom stereocenters. The third kappa shape index (κ3) is 1.90. The summed E-state index contributed by atoms with van der Waals surface area (Å²) in [6.45, 7) is 2.78. The van der Waals surface area contributed by atoms with Crippen LogP contribution in [-0.4, -0.2) is 11.7 Å². The van der Waals surface area contributed by atoms with Gasteiger partial charge in [0.05, 0.1) is 6.10 Å². The zero-order chi connectivity index (χ0) is 9.97. The third-order valence-electron chi connectivity index (χ3n) is 2.77. The predicted molar refractivity (Wildman–Crippen MR) is 55.4 cm³/mol. The van der Waals surface area contributed by atoms with E-state index in [9.17, 15) is 5.11 Å². The van der Waals surface area contributed by atoms with E-state index in [1.807, 2.05) is 19.1 Å². The Bertz CT molecular complexity index is 314. The lowest BCUT2D eigenvalue weighted by Gasteiger charge is -2.23. The fourth-order valence-corrected chi connectivity index (χ4v) is 1.88. The minimum absolute atomic E-state index is 0.239. The van der Waals surface area contributed by atoms with Gasteiger partial charge in [0, 0.05) is 6.61 Å². The fourth-order valence-electron chi connectivity index (χ4n) is 1.88. The second kappa shape index (κ2) is 4.01. The standard InChI is InChI=1S/C12H16O2/c1-9-8-10(5-6-11(9)13)12-4-2-3-7-14-12/h5-6,8,12-13H,2-4,7H2,1H3. The van der Waals surface area contributed by atoms with Gasteiger partial charge < -0.3 is 9.84 Å². The molecule has 2 rings (SSSR count). The first kappa shape index (κ1) is 9.53. The van der Waals surface area contributed by atoms with Crippen molar-refractivity contribution < 1.29 is 9.84 Å². The van der Waals surface area contributed by atoms with E-state index in [4.69, 9.17) is 4.74 Å². The van der Waals surface area contributed by atoms with Gasteiger partial charge in [0.25, 0.3) is 0 Å². The maximum absolute atomic E-state index is 9.40. The first-order valence-electron chi connectivity index (χ1n) is 5.18. The van der Waals surface area contributed by atoms with Crippen molar-refractivity contribution in [1.82, 2.24) is 0 Å². The average Bonchev–Trinajstić information content (AvgIpc) is 2.23. The molecule has 1 atom stereocenters. The van der Waals surface area contributed by atoms with Crippen LogP contribution in [0.25, 0.3) is 0 Å². The minimum Gasteiger partial charge on any atom is -0.508 e. The maximum Gasteiger partial charge on any atom is 0.118 e. The Balaban J connectivity index is 2.18. The molecule has 0 bridgehead atoms. The first-order valence-corrected chi connectivity index (χ1v) is 5.18. The second-order valence-electron chi connectivity index (χ2n) is 3.90. The molecular formula is C12H16O2. The van der Waals surface area contributed by atoms with Crippen LogP contribution >= 0.6 is 0 Å². The van der Waals surface area contributed by atoms with Crippen LogP contribution in [0.4, 0.5) is 0 Å². The molecule has 1 saturated heterocycles. The Labute approximate surface area is 84.5 Å². The van der Waals surface area contributed by atoms with Gasteiger partial charge in [-0.15, -0.1) is 0 Å². The number of rotatable bonds is 1. The van der Waals surface area contributed by atoms with Crippen LogP contribution in [0.5, 0.6) is 5.75 Å². The van der Waals surface area contributed by atoms with E-state index in [1.165, 1.54) is 18.4 Å². The monoisotopic (exact) mass is 192 g/mol. The zero-order valence-electron chi connectivity index (χ0n) is 8.49. The molecule has 1 aliphatic rings. The molecule has 2 nitrogen and oxygen atoms in total. The lowest BCUT2D eigenvalue weighted by atomic mass is 9.99. The van der Waals surface area contributed by atoms with Crippen LogP contribution in [0.3, 0.4) is 0 Å². The normalized spacial score (nSPS) is 22.2. The SMILES string of the molecule is Cc1cc(C2CCCCO2)ccc1O. The number of aryl methyl sites for hydroxylation is 1. The van der Waals surface area contributed by atoms with Crippen molar-refractivity contribution in [2.24, 2.45) is 0 Å². The van der Waals surface area contributed by atoms with Crippen molar-refractivity contribution in [1.29, 1.82) is 0 Å². The van der Waals surface area contributed by atoms with E-state index in [2.05, 4.69) is 0 Å². The number of benzene rings is 1. The molecule has 0 saturated carbocycles. The quantitative estimate of drug-likeness (QED) is 0.741. The fraction of sp³-hybridized carbons (Fsp3) is 0.500. The highest BCUT2D eigenvalue weighted by molar-refractivity contribution is 5.35. The zero-order valence-corrected chi connectivity index (χ0v) is 8.49. The van der Waals surface area contributed by atoms with Crippen LogP contribution in [0, 0.1) is 6.92 Å². The highest BCUT2D eigenvalue weighted by Crippen LogP contribution is 2.30. The number of hydrogen-bond donors (Lipinski definition) is 1. The van der Waals surface area contributed by atoms with Gasteiger partial charge in [-0.25, -0.2) is 0 Å². The summed E-state index contributed by atoms with van der Waals surface area (Å²) in [5, 5.41) is 9.40. The van der Waals surface area contributed by atoms with Crippen LogP contribution < -0.4 is 0 Å². The Hall–Kier alpha value is -1.02. The molecule has 0 aromatic heterocycles. The van der Waals surface area contributed by atoms with E-state index in [0.717, 1.165) is 18.6 Å². The molecule has 1 aliphatic heterocycles. The lowest BCUT2D eigenvalue weighted by Crippen LogP contribution is -2.11. The molecule has 1 aromatic carbocycles. The van der Waals surface area contributed by atoms with Gasteiger partial charge in [0.2, 0.25) is 0 Å². The summed E-state index contributed by atoms with van der Waals surface area (Å²) in [5.74, 6) is 0.365. The molecule has 1 N–H and O–H groups in total. The topological polar surface area (TPSA) is 29.5 Å². The van der Waals surface area contributed by atoms with Crippen molar-refractivity contribution in [2.75, 3.05) is 6.61 Å². The van der Waals surface area contributed by atoms with Crippen molar-refractivity contribution >= 4 is 0 Å². The number of ether oxygens (including phenoxy) is 1. The summed E-state index contributed by atoms with van der Waals surface area (Å²) in [4.78, 5) is 0. The van der Waals surface area contributed by atoms with E-state index >= 15 is 0 Å². The van der Waals surface area contributed by atoms with E-state index in [1.54, 1.807) is 6.07 Å². The maximum atomic E-state index is 9.40. The Kier molecular flexibility index (Phi) is 2.73. The Morgan fingerprint density at radius 1 is 1.36 bits per heavy atom. The smallest absolute Gasteiger partial charge is 0.118 e. The van der Waals surface area contributed by atoms with E-state index in [-0.39, 0.29) is 6.10 Å². The van der Waals surface area contributed by atoms with Crippen LogP contribution in [0.1, 0.15) is 36.5 Å².